The van der Waals surface area contributed by atoms with Gasteiger partial charge in [0, 0.05) is 12.6 Å². The van der Waals surface area contributed by atoms with Gasteiger partial charge >= 0.3 is 0 Å². The van der Waals surface area contributed by atoms with Crippen molar-refractivity contribution in [3.05, 3.63) is 0 Å². The lowest BCUT2D eigenvalue weighted by atomic mass is 10.0. The zero-order chi connectivity index (χ0) is 11.3. The Bertz CT molecular complexity index is 171. The molecule has 0 aromatic carbocycles. The van der Waals surface area contributed by atoms with E-state index in [1.807, 2.05) is 20.8 Å². The summed E-state index contributed by atoms with van der Waals surface area (Å²) in [6, 6.07) is 0.126. The minimum atomic E-state index is -0.645. The summed E-state index contributed by atoms with van der Waals surface area (Å²) in [6.07, 6.45) is 5.19. The molecule has 2 atom stereocenters. The van der Waals surface area contributed by atoms with Crippen molar-refractivity contribution in [1.29, 1.82) is 0 Å². The van der Waals surface area contributed by atoms with Crippen LogP contribution in [-0.2, 0) is 4.74 Å². The molecule has 0 saturated carbocycles. The van der Waals surface area contributed by atoms with Gasteiger partial charge in [0.1, 0.15) is 0 Å². The van der Waals surface area contributed by atoms with Gasteiger partial charge in [0.25, 0.3) is 0 Å². The highest BCUT2D eigenvalue weighted by molar-refractivity contribution is 4.79. The fraction of sp³-hybridized carbons (Fsp3) is 1.00. The number of ether oxygens (including phenoxy) is 1. The average molecular weight is 215 g/mol. The zero-order valence-corrected chi connectivity index (χ0v) is 10.3. The van der Waals surface area contributed by atoms with Gasteiger partial charge < -0.3 is 15.2 Å². The Hall–Kier alpha value is -0.120. The lowest BCUT2D eigenvalue weighted by Gasteiger charge is -2.28. The van der Waals surface area contributed by atoms with E-state index in [9.17, 15) is 5.11 Å². The van der Waals surface area contributed by atoms with Crippen LogP contribution in [-0.4, -0.2) is 36.0 Å². The highest BCUT2D eigenvalue weighted by Gasteiger charge is 2.22. The van der Waals surface area contributed by atoms with Crippen LogP contribution in [0.1, 0.15) is 46.5 Å². The minimum Gasteiger partial charge on any atom is -0.389 e. The van der Waals surface area contributed by atoms with E-state index in [-0.39, 0.29) is 6.04 Å². The molecule has 1 heterocycles. The molecule has 0 amide bonds. The normalized spacial score (nSPS) is 25.2. The third-order valence-electron chi connectivity index (χ3n) is 3.25. The number of hydrogen-bond donors (Lipinski definition) is 2. The molecule has 3 heteroatoms. The molecule has 3 nitrogen and oxygen atoms in total. The fourth-order valence-electron chi connectivity index (χ4n) is 1.75. The third-order valence-corrected chi connectivity index (χ3v) is 3.25. The molecule has 1 aliphatic rings. The van der Waals surface area contributed by atoms with E-state index < -0.39 is 5.60 Å². The Kier molecular flexibility index (Phi) is 5.03. The minimum absolute atomic E-state index is 0.126. The van der Waals surface area contributed by atoms with Crippen molar-refractivity contribution >= 4 is 0 Å². The summed E-state index contributed by atoms with van der Waals surface area (Å²) < 4.78 is 5.64. The quantitative estimate of drug-likeness (QED) is 0.733. The smallest absolute Gasteiger partial charge is 0.0741 e. The SMILES string of the molecule is CC(NCCC1CCCCO1)C(C)(C)O. The van der Waals surface area contributed by atoms with E-state index in [1.165, 1.54) is 19.3 Å². The monoisotopic (exact) mass is 215 g/mol. The fourth-order valence-corrected chi connectivity index (χ4v) is 1.75. The van der Waals surface area contributed by atoms with E-state index in [0.717, 1.165) is 19.6 Å². The first-order valence-electron chi connectivity index (χ1n) is 6.07. The van der Waals surface area contributed by atoms with E-state index in [2.05, 4.69) is 5.32 Å². The highest BCUT2D eigenvalue weighted by atomic mass is 16.5. The van der Waals surface area contributed by atoms with Crippen LogP contribution >= 0.6 is 0 Å². The van der Waals surface area contributed by atoms with Crippen molar-refractivity contribution in [3.8, 4) is 0 Å². The van der Waals surface area contributed by atoms with Gasteiger partial charge in [-0.15, -0.1) is 0 Å². The first-order chi connectivity index (χ1) is 7.00. The summed E-state index contributed by atoms with van der Waals surface area (Å²) in [5, 5.41) is 13.1. The molecule has 0 aromatic heterocycles. The van der Waals surface area contributed by atoms with Crippen LogP contribution in [0.5, 0.6) is 0 Å². The van der Waals surface area contributed by atoms with Crippen molar-refractivity contribution in [1.82, 2.24) is 5.32 Å². The predicted octanol–water partition coefficient (Wildman–Crippen LogP) is 1.69. The molecule has 0 radical (unpaired) electrons. The summed E-state index contributed by atoms with van der Waals surface area (Å²) in [6.45, 7) is 7.53. The largest absolute Gasteiger partial charge is 0.389 e. The van der Waals surface area contributed by atoms with Gasteiger partial charge in [0.2, 0.25) is 0 Å². The van der Waals surface area contributed by atoms with Crippen LogP contribution in [0.25, 0.3) is 0 Å². The summed E-state index contributed by atoms with van der Waals surface area (Å²) in [5.74, 6) is 0. The zero-order valence-electron chi connectivity index (χ0n) is 10.3. The second kappa shape index (κ2) is 5.83. The van der Waals surface area contributed by atoms with Crippen LogP contribution in [0.15, 0.2) is 0 Å². The molecule has 2 N–H and O–H groups in total. The van der Waals surface area contributed by atoms with Gasteiger partial charge in [-0.2, -0.15) is 0 Å². The summed E-state index contributed by atoms with van der Waals surface area (Å²) >= 11 is 0. The Labute approximate surface area is 93.2 Å². The predicted molar refractivity (Wildman–Crippen MR) is 62.0 cm³/mol. The summed E-state index contributed by atoms with van der Waals surface area (Å²) in [5.41, 5.74) is -0.645. The summed E-state index contributed by atoms with van der Waals surface area (Å²) in [4.78, 5) is 0. The Morgan fingerprint density at radius 1 is 1.47 bits per heavy atom. The second-order valence-electron chi connectivity index (χ2n) is 5.11. The van der Waals surface area contributed by atoms with Crippen molar-refractivity contribution in [2.45, 2.75) is 64.2 Å². The van der Waals surface area contributed by atoms with Gasteiger partial charge in [-0.25, -0.2) is 0 Å². The van der Waals surface area contributed by atoms with Crippen molar-refractivity contribution in [2.24, 2.45) is 0 Å². The van der Waals surface area contributed by atoms with Crippen LogP contribution < -0.4 is 5.32 Å². The molecule has 1 saturated heterocycles. The lowest BCUT2D eigenvalue weighted by molar-refractivity contribution is 0.00701. The number of nitrogens with one attached hydrogen (secondary N) is 1. The molecule has 0 aromatic rings. The molecule has 0 spiro atoms. The molecular weight excluding hydrogens is 190 g/mol. The summed E-state index contributed by atoms with van der Waals surface area (Å²) in [7, 11) is 0. The highest BCUT2D eigenvalue weighted by Crippen LogP contribution is 2.15. The Balaban J connectivity index is 2.10. The van der Waals surface area contributed by atoms with Gasteiger partial charge in [0.05, 0.1) is 11.7 Å². The van der Waals surface area contributed by atoms with Crippen LogP contribution in [0.3, 0.4) is 0 Å². The second-order valence-corrected chi connectivity index (χ2v) is 5.11. The van der Waals surface area contributed by atoms with Gasteiger partial charge in [-0.1, -0.05) is 0 Å². The van der Waals surface area contributed by atoms with Crippen LogP contribution in [0.2, 0.25) is 0 Å². The van der Waals surface area contributed by atoms with Crippen LogP contribution in [0, 0.1) is 0 Å². The third kappa shape index (κ3) is 4.96. The number of aliphatic hydroxyl groups is 1. The Morgan fingerprint density at radius 3 is 2.73 bits per heavy atom. The first kappa shape index (κ1) is 12.9. The van der Waals surface area contributed by atoms with E-state index in [1.54, 1.807) is 0 Å². The van der Waals surface area contributed by atoms with E-state index in [4.69, 9.17) is 4.74 Å². The lowest BCUT2D eigenvalue weighted by Crippen LogP contribution is -2.45. The molecular formula is C12H25NO2. The standard InChI is InChI=1S/C12H25NO2/c1-10(12(2,3)14)13-8-7-11-6-4-5-9-15-11/h10-11,13-14H,4-9H2,1-3H3. The molecule has 1 rings (SSSR count). The molecule has 0 bridgehead atoms. The number of rotatable bonds is 5. The van der Waals surface area contributed by atoms with Gasteiger partial charge in [-0.3, -0.25) is 0 Å². The van der Waals surface area contributed by atoms with E-state index >= 15 is 0 Å². The molecule has 1 fully saturated rings. The van der Waals surface area contributed by atoms with E-state index in [0.29, 0.717) is 6.10 Å². The molecule has 2 unspecified atom stereocenters. The molecule has 0 aliphatic carbocycles. The molecule has 15 heavy (non-hydrogen) atoms. The topological polar surface area (TPSA) is 41.5 Å². The number of hydrogen-bond acceptors (Lipinski definition) is 3. The molecule has 90 valence electrons. The van der Waals surface area contributed by atoms with Crippen LogP contribution in [0.4, 0.5) is 0 Å². The van der Waals surface area contributed by atoms with Crippen molar-refractivity contribution in [3.63, 3.8) is 0 Å². The Morgan fingerprint density at radius 2 is 2.20 bits per heavy atom. The maximum absolute atomic E-state index is 9.73. The maximum atomic E-state index is 9.73. The maximum Gasteiger partial charge on any atom is 0.0741 e. The first-order valence-corrected chi connectivity index (χ1v) is 6.07. The average Bonchev–Trinajstić information content (AvgIpc) is 2.18. The van der Waals surface area contributed by atoms with Gasteiger partial charge in [0.15, 0.2) is 0 Å². The molecule has 1 aliphatic heterocycles. The van der Waals surface area contributed by atoms with Crippen molar-refractivity contribution < 1.29 is 9.84 Å². The van der Waals surface area contributed by atoms with Crippen molar-refractivity contribution in [2.75, 3.05) is 13.2 Å². The van der Waals surface area contributed by atoms with Gasteiger partial charge in [-0.05, 0) is 53.0 Å².